The maximum Gasteiger partial charge on any atom is 0.224 e. The van der Waals surface area contributed by atoms with Crippen molar-refractivity contribution in [2.45, 2.75) is 34.1 Å². The Bertz CT molecular complexity index is 751. The molecule has 0 bridgehead atoms. The highest BCUT2D eigenvalue weighted by Crippen LogP contribution is 2.21. The lowest BCUT2D eigenvalue weighted by molar-refractivity contribution is -0.121. The number of hydrogen-bond donors (Lipinski definition) is 1. The molecule has 1 N–H and O–H groups in total. The van der Waals surface area contributed by atoms with Crippen LogP contribution in [0.25, 0.3) is 0 Å². The summed E-state index contributed by atoms with van der Waals surface area (Å²) in [7, 11) is 0. The van der Waals surface area contributed by atoms with Crippen molar-refractivity contribution in [1.82, 2.24) is 5.32 Å². The van der Waals surface area contributed by atoms with Crippen molar-refractivity contribution in [2.24, 2.45) is 0 Å². The summed E-state index contributed by atoms with van der Waals surface area (Å²) in [4.78, 5) is 25.8. The first-order chi connectivity index (χ1) is 11.9. The molecule has 4 nitrogen and oxygen atoms in total. The first-order valence-electron chi connectivity index (χ1n) is 8.54. The van der Waals surface area contributed by atoms with E-state index >= 15 is 0 Å². The molecule has 132 valence electrons. The molecule has 25 heavy (non-hydrogen) atoms. The molecular weight excluding hydrogens is 312 g/mol. The van der Waals surface area contributed by atoms with Gasteiger partial charge in [0.05, 0.1) is 6.42 Å². The Morgan fingerprint density at radius 2 is 1.60 bits per heavy atom. The molecule has 0 aliphatic heterocycles. The summed E-state index contributed by atoms with van der Waals surface area (Å²) in [5, 5.41) is 2.90. The molecule has 0 saturated heterocycles. The minimum absolute atomic E-state index is 0.0264. The SMILES string of the molecule is CC(=O)N(CCNC(=O)Cc1ccc(C)cc1)c1cc(C)ccc1C. The topological polar surface area (TPSA) is 49.4 Å². The van der Waals surface area contributed by atoms with Gasteiger partial charge in [-0.3, -0.25) is 9.59 Å². The van der Waals surface area contributed by atoms with E-state index in [1.54, 1.807) is 11.8 Å². The summed E-state index contributed by atoms with van der Waals surface area (Å²) < 4.78 is 0. The fraction of sp³-hybridized carbons (Fsp3) is 0.333. The third kappa shape index (κ3) is 5.45. The number of carbonyl (C=O) groups excluding carboxylic acids is 2. The van der Waals surface area contributed by atoms with Gasteiger partial charge < -0.3 is 10.2 Å². The van der Waals surface area contributed by atoms with Crippen molar-refractivity contribution in [1.29, 1.82) is 0 Å². The van der Waals surface area contributed by atoms with E-state index in [9.17, 15) is 9.59 Å². The second-order valence-corrected chi connectivity index (χ2v) is 6.47. The summed E-state index contributed by atoms with van der Waals surface area (Å²) in [5.74, 6) is -0.0604. The van der Waals surface area contributed by atoms with Gasteiger partial charge in [-0.2, -0.15) is 0 Å². The van der Waals surface area contributed by atoms with Gasteiger partial charge in [-0.05, 0) is 43.5 Å². The maximum absolute atomic E-state index is 12.1. The molecule has 0 aliphatic rings. The molecule has 4 heteroatoms. The van der Waals surface area contributed by atoms with Crippen LogP contribution in [0.4, 0.5) is 5.69 Å². The standard InChI is InChI=1S/C21H26N2O2/c1-15-6-9-19(10-7-15)14-21(25)22-11-12-23(18(4)24)20-13-16(2)5-8-17(20)3/h5-10,13H,11-12,14H2,1-4H3,(H,22,25). The molecule has 2 aromatic carbocycles. The highest BCUT2D eigenvalue weighted by molar-refractivity contribution is 5.92. The first-order valence-corrected chi connectivity index (χ1v) is 8.54. The van der Waals surface area contributed by atoms with Crippen LogP contribution in [0, 0.1) is 20.8 Å². The minimum Gasteiger partial charge on any atom is -0.354 e. The molecule has 0 radical (unpaired) electrons. The number of rotatable bonds is 6. The zero-order valence-electron chi connectivity index (χ0n) is 15.4. The van der Waals surface area contributed by atoms with Crippen molar-refractivity contribution in [3.05, 3.63) is 64.7 Å². The van der Waals surface area contributed by atoms with Gasteiger partial charge in [0.25, 0.3) is 0 Å². The molecule has 0 unspecified atom stereocenters. The van der Waals surface area contributed by atoms with Crippen LogP contribution in [0.2, 0.25) is 0 Å². The molecule has 0 fully saturated rings. The summed E-state index contributed by atoms with van der Waals surface area (Å²) in [6, 6.07) is 14.0. The Kier molecular flexibility index (Phi) is 6.34. The van der Waals surface area contributed by atoms with Gasteiger partial charge in [0.15, 0.2) is 0 Å². The lowest BCUT2D eigenvalue weighted by Gasteiger charge is -2.23. The quantitative estimate of drug-likeness (QED) is 0.878. The fourth-order valence-electron chi connectivity index (χ4n) is 2.72. The lowest BCUT2D eigenvalue weighted by atomic mass is 10.1. The molecule has 0 spiro atoms. The van der Waals surface area contributed by atoms with E-state index in [2.05, 4.69) is 5.32 Å². The predicted molar refractivity (Wildman–Crippen MR) is 102 cm³/mol. The zero-order valence-corrected chi connectivity index (χ0v) is 15.4. The van der Waals surface area contributed by atoms with E-state index in [-0.39, 0.29) is 11.8 Å². The molecule has 0 saturated carbocycles. The Morgan fingerprint density at radius 1 is 0.960 bits per heavy atom. The van der Waals surface area contributed by atoms with E-state index in [4.69, 9.17) is 0 Å². The average molecular weight is 338 g/mol. The summed E-state index contributed by atoms with van der Waals surface area (Å²) in [6.07, 6.45) is 0.351. The van der Waals surface area contributed by atoms with Crippen LogP contribution in [0.5, 0.6) is 0 Å². The molecule has 0 heterocycles. The minimum atomic E-state index is -0.0340. The highest BCUT2D eigenvalue weighted by Gasteiger charge is 2.14. The molecular formula is C21H26N2O2. The number of carbonyl (C=O) groups is 2. The lowest BCUT2D eigenvalue weighted by Crippen LogP contribution is -2.38. The fourth-order valence-corrected chi connectivity index (χ4v) is 2.72. The molecule has 2 aromatic rings. The van der Waals surface area contributed by atoms with Gasteiger partial charge in [-0.25, -0.2) is 0 Å². The number of nitrogens with one attached hydrogen (secondary N) is 1. The van der Waals surface area contributed by atoms with Crippen molar-refractivity contribution < 1.29 is 9.59 Å². The van der Waals surface area contributed by atoms with Gasteiger partial charge in [0, 0.05) is 25.7 Å². The summed E-state index contributed by atoms with van der Waals surface area (Å²) >= 11 is 0. The van der Waals surface area contributed by atoms with E-state index in [1.165, 1.54) is 5.56 Å². The van der Waals surface area contributed by atoms with Gasteiger partial charge >= 0.3 is 0 Å². The van der Waals surface area contributed by atoms with Gasteiger partial charge in [0.2, 0.25) is 11.8 Å². The van der Waals surface area contributed by atoms with E-state index in [0.717, 1.165) is 22.4 Å². The highest BCUT2D eigenvalue weighted by atomic mass is 16.2. The van der Waals surface area contributed by atoms with Gasteiger partial charge in [-0.15, -0.1) is 0 Å². The number of aryl methyl sites for hydroxylation is 3. The molecule has 0 aliphatic carbocycles. The third-order valence-corrected chi connectivity index (χ3v) is 4.18. The second-order valence-electron chi connectivity index (χ2n) is 6.47. The van der Waals surface area contributed by atoms with E-state index < -0.39 is 0 Å². The van der Waals surface area contributed by atoms with Gasteiger partial charge in [0.1, 0.15) is 0 Å². The first kappa shape index (κ1) is 18.7. The number of amides is 2. The number of hydrogen-bond acceptors (Lipinski definition) is 2. The second kappa shape index (κ2) is 8.47. The van der Waals surface area contributed by atoms with Crippen molar-refractivity contribution in [2.75, 3.05) is 18.0 Å². The van der Waals surface area contributed by atoms with Crippen LogP contribution < -0.4 is 10.2 Å². The molecule has 0 aromatic heterocycles. The third-order valence-electron chi connectivity index (χ3n) is 4.18. The van der Waals surface area contributed by atoms with E-state index in [1.807, 2.05) is 63.2 Å². The van der Waals surface area contributed by atoms with Crippen LogP contribution >= 0.6 is 0 Å². The molecule has 0 atom stereocenters. The average Bonchev–Trinajstić information content (AvgIpc) is 2.56. The molecule has 2 amide bonds. The number of benzene rings is 2. The normalized spacial score (nSPS) is 10.4. The Morgan fingerprint density at radius 3 is 2.24 bits per heavy atom. The van der Waals surface area contributed by atoms with Crippen LogP contribution in [-0.2, 0) is 16.0 Å². The smallest absolute Gasteiger partial charge is 0.224 e. The van der Waals surface area contributed by atoms with Crippen molar-refractivity contribution in [3.8, 4) is 0 Å². The number of anilines is 1. The van der Waals surface area contributed by atoms with Gasteiger partial charge in [-0.1, -0.05) is 42.0 Å². The van der Waals surface area contributed by atoms with Crippen LogP contribution in [0.15, 0.2) is 42.5 Å². The van der Waals surface area contributed by atoms with Crippen LogP contribution in [-0.4, -0.2) is 24.9 Å². The van der Waals surface area contributed by atoms with Crippen molar-refractivity contribution in [3.63, 3.8) is 0 Å². The predicted octanol–water partition coefficient (Wildman–Crippen LogP) is 3.32. The van der Waals surface area contributed by atoms with Crippen LogP contribution in [0.1, 0.15) is 29.2 Å². The Hall–Kier alpha value is -2.62. The summed E-state index contributed by atoms with van der Waals surface area (Å²) in [6.45, 7) is 8.45. The zero-order chi connectivity index (χ0) is 18.4. The maximum atomic E-state index is 12.1. The monoisotopic (exact) mass is 338 g/mol. The van der Waals surface area contributed by atoms with E-state index in [0.29, 0.717) is 19.5 Å². The van der Waals surface area contributed by atoms with Crippen molar-refractivity contribution >= 4 is 17.5 Å². The largest absolute Gasteiger partial charge is 0.354 e. The summed E-state index contributed by atoms with van der Waals surface area (Å²) in [5.41, 5.74) is 5.22. The van der Waals surface area contributed by atoms with Crippen LogP contribution in [0.3, 0.4) is 0 Å². The molecule has 2 rings (SSSR count). The Labute approximate surface area is 149 Å². The number of nitrogens with zero attached hydrogens (tertiary/aromatic N) is 1. The Balaban J connectivity index is 1.93.